The molecule has 7 heteroatoms. The van der Waals surface area contributed by atoms with Crippen molar-refractivity contribution in [1.29, 1.82) is 0 Å². The zero-order valence-corrected chi connectivity index (χ0v) is 14.7. The number of carbonyl (C=O) groups is 1. The number of aromatic nitrogens is 2. The highest BCUT2D eigenvalue weighted by Gasteiger charge is 2.08. The molecule has 1 aromatic carbocycles. The number of nitrogens with one attached hydrogen (secondary N) is 1. The van der Waals surface area contributed by atoms with Gasteiger partial charge in [-0.05, 0) is 48.9 Å². The van der Waals surface area contributed by atoms with Crippen molar-refractivity contribution in [2.24, 2.45) is 0 Å². The molecule has 0 aliphatic carbocycles. The van der Waals surface area contributed by atoms with Gasteiger partial charge in [0.05, 0.1) is 6.61 Å². The van der Waals surface area contributed by atoms with E-state index in [0.717, 1.165) is 17.4 Å². The van der Waals surface area contributed by atoms with Gasteiger partial charge in [0, 0.05) is 36.6 Å². The molecule has 1 amide bonds. The van der Waals surface area contributed by atoms with E-state index in [1.165, 1.54) is 12.3 Å². The summed E-state index contributed by atoms with van der Waals surface area (Å²) in [4.78, 5) is 19.7. The van der Waals surface area contributed by atoms with Gasteiger partial charge in [-0.2, -0.15) is 4.39 Å². The van der Waals surface area contributed by atoms with Crippen LogP contribution in [0.25, 0.3) is 0 Å². The van der Waals surface area contributed by atoms with Crippen LogP contribution in [-0.2, 0) is 6.54 Å². The summed E-state index contributed by atoms with van der Waals surface area (Å²) in [6.45, 7) is 2.77. The third-order valence-corrected chi connectivity index (χ3v) is 3.60. The van der Waals surface area contributed by atoms with Crippen molar-refractivity contribution in [2.75, 3.05) is 6.61 Å². The fourth-order valence-corrected chi connectivity index (χ4v) is 2.34. The monoisotopic (exact) mass is 367 g/mol. The predicted molar refractivity (Wildman–Crippen MR) is 97.3 cm³/mol. The number of ether oxygens (including phenoxy) is 2. The van der Waals surface area contributed by atoms with Crippen LogP contribution in [0.1, 0.15) is 22.8 Å². The molecule has 1 N–H and O–H groups in total. The van der Waals surface area contributed by atoms with Crippen LogP contribution in [0.2, 0.25) is 0 Å². The number of rotatable bonds is 7. The lowest BCUT2D eigenvalue weighted by atomic mass is 10.2. The van der Waals surface area contributed by atoms with Crippen molar-refractivity contribution in [3.63, 3.8) is 0 Å². The fourth-order valence-electron chi connectivity index (χ4n) is 2.34. The molecule has 0 radical (unpaired) electrons. The lowest BCUT2D eigenvalue weighted by Gasteiger charge is -2.09. The van der Waals surface area contributed by atoms with Gasteiger partial charge >= 0.3 is 0 Å². The molecule has 0 aliphatic heterocycles. The summed E-state index contributed by atoms with van der Waals surface area (Å²) >= 11 is 0. The molecule has 138 valence electrons. The van der Waals surface area contributed by atoms with E-state index < -0.39 is 5.95 Å². The van der Waals surface area contributed by atoms with Crippen LogP contribution in [0.3, 0.4) is 0 Å². The van der Waals surface area contributed by atoms with Crippen molar-refractivity contribution in [3.8, 4) is 17.4 Å². The Morgan fingerprint density at radius 3 is 2.52 bits per heavy atom. The van der Waals surface area contributed by atoms with Crippen LogP contribution >= 0.6 is 0 Å². The van der Waals surface area contributed by atoms with Gasteiger partial charge in [0.15, 0.2) is 0 Å². The van der Waals surface area contributed by atoms with Crippen molar-refractivity contribution in [1.82, 2.24) is 15.3 Å². The summed E-state index contributed by atoms with van der Waals surface area (Å²) < 4.78 is 24.2. The van der Waals surface area contributed by atoms with Crippen LogP contribution in [-0.4, -0.2) is 22.5 Å². The van der Waals surface area contributed by atoms with Crippen LogP contribution in [0.15, 0.2) is 60.9 Å². The average Bonchev–Trinajstić information content (AvgIpc) is 2.68. The summed E-state index contributed by atoms with van der Waals surface area (Å²) in [6.07, 6.45) is 2.84. The number of pyridine rings is 2. The topological polar surface area (TPSA) is 73.3 Å². The zero-order chi connectivity index (χ0) is 19.1. The first-order chi connectivity index (χ1) is 13.1. The fraction of sp³-hybridized carbons (Fsp3) is 0.150. The van der Waals surface area contributed by atoms with E-state index in [4.69, 9.17) is 9.47 Å². The second-order valence-corrected chi connectivity index (χ2v) is 5.56. The number of amides is 1. The lowest BCUT2D eigenvalue weighted by molar-refractivity contribution is 0.0950. The Hall–Kier alpha value is -3.48. The van der Waals surface area contributed by atoms with Crippen molar-refractivity contribution in [2.45, 2.75) is 13.5 Å². The predicted octanol–water partition coefficient (Wildman–Crippen LogP) is 3.74. The highest BCUT2D eigenvalue weighted by molar-refractivity contribution is 5.93. The normalized spacial score (nSPS) is 10.3. The second kappa shape index (κ2) is 8.75. The third-order valence-electron chi connectivity index (χ3n) is 3.60. The molecule has 0 spiro atoms. The Balaban J connectivity index is 1.60. The van der Waals surface area contributed by atoms with Gasteiger partial charge in [0.2, 0.25) is 11.8 Å². The smallest absolute Gasteiger partial charge is 0.251 e. The standard InChI is InChI=1S/C20H18FN3O3/c1-2-26-16-3-5-17(6-4-16)27-19-11-14(7-9-23-19)13-24-20(25)15-8-10-22-18(21)12-15/h3-12H,2,13H2,1H3,(H,24,25). The SMILES string of the molecule is CCOc1ccc(Oc2cc(CNC(=O)c3ccnc(F)c3)ccn2)cc1. The van der Waals surface area contributed by atoms with E-state index in [2.05, 4.69) is 15.3 Å². The highest BCUT2D eigenvalue weighted by Crippen LogP contribution is 2.23. The molecule has 0 bridgehead atoms. The van der Waals surface area contributed by atoms with E-state index in [-0.39, 0.29) is 18.0 Å². The number of hydrogen-bond acceptors (Lipinski definition) is 5. The highest BCUT2D eigenvalue weighted by atomic mass is 19.1. The summed E-state index contributed by atoms with van der Waals surface area (Å²) in [7, 11) is 0. The van der Waals surface area contributed by atoms with E-state index in [9.17, 15) is 9.18 Å². The Morgan fingerprint density at radius 2 is 1.78 bits per heavy atom. The van der Waals surface area contributed by atoms with Crippen molar-refractivity contribution < 1.29 is 18.7 Å². The van der Waals surface area contributed by atoms with Gasteiger partial charge in [-0.3, -0.25) is 4.79 Å². The van der Waals surface area contributed by atoms with Gasteiger partial charge < -0.3 is 14.8 Å². The lowest BCUT2D eigenvalue weighted by Crippen LogP contribution is -2.23. The van der Waals surface area contributed by atoms with Crippen LogP contribution in [0.4, 0.5) is 4.39 Å². The van der Waals surface area contributed by atoms with E-state index in [0.29, 0.717) is 18.2 Å². The van der Waals surface area contributed by atoms with E-state index in [1.807, 2.05) is 19.1 Å². The molecule has 2 aromatic heterocycles. The molecule has 2 heterocycles. The maximum Gasteiger partial charge on any atom is 0.251 e. The third kappa shape index (κ3) is 5.24. The number of carbonyl (C=O) groups excluding carboxylic acids is 1. The molecule has 27 heavy (non-hydrogen) atoms. The molecule has 6 nitrogen and oxygen atoms in total. The molecule has 0 saturated carbocycles. The van der Waals surface area contributed by atoms with E-state index >= 15 is 0 Å². The first kappa shape index (κ1) is 18.3. The largest absolute Gasteiger partial charge is 0.494 e. The maximum absolute atomic E-state index is 13.1. The Morgan fingerprint density at radius 1 is 1.04 bits per heavy atom. The van der Waals surface area contributed by atoms with Gasteiger partial charge in [0.1, 0.15) is 11.5 Å². The van der Waals surface area contributed by atoms with Gasteiger partial charge in [0.25, 0.3) is 5.91 Å². The molecular formula is C20H18FN3O3. The Labute approximate surface area is 156 Å². The molecular weight excluding hydrogens is 349 g/mol. The molecule has 3 aromatic rings. The summed E-state index contributed by atoms with van der Waals surface area (Å²) in [5.41, 5.74) is 1.01. The molecule has 0 aliphatic rings. The Kier molecular flexibility index (Phi) is 5.94. The van der Waals surface area contributed by atoms with Crippen LogP contribution < -0.4 is 14.8 Å². The number of nitrogens with zero attached hydrogens (tertiary/aromatic N) is 2. The van der Waals surface area contributed by atoms with Crippen molar-refractivity contribution in [3.05, 3.63) is 78.0 Å². The first-order valence-corrected chi connectivity index (χ1v) is 8.39. The number of benzene rings is 1. The molecule has 0 unspecified atom stereocenters. The molecule has 0 fully saturated rings. The minimum atomic E-state index is -0.697. The second-order valence-electron chi connectivity index (χ2n) is 5.56. The van der Waals surface area contributed by atoms with E-state index in [1.54, 1.807) is 30.5 Å². The number of halogens is 1. The first-order valence-electron chi connectivity index (χ1n) is 8.39. The summed E-state index contributed by atoms with van der Waals surface area (Å²) in [5.74, 6) is 0.710. The maximum atomic E-state index is 13.1. The van der Waals surface area contributed by atoms with Gasteiger partial charge in [-0.15, -0.1) is 0 Å². The summed E-state index contributed by atoms with van der Waals surface area (Å²) in [6, 6.07) is 13.2. The van der Waals surface area contributed by atoms with Crippen LogP contribution in [0, 0.1) is 5.95 Å². The van der Waals surface area contributed by atoms with Gasteiger partial charge in [-0.25, -0.2) is 9.97 Å². The quantitative estimate of drug-likeness (QED) is 0.644. The molecule has 3 rings (SSSR count). The Bertz CT molecular complexity index is 916. The van der Waals surface area contributed by atoms with Crippen LogP contribution in [0.5, 0.6) is 17.4 Å². The molecule has 0 atom stereocenters. The average molecular weight is 367 g/mol. The van der Waals surface area contributed by atoms with Gasteiger partial charge in [-0.1, -0.05) is 0 Å². The van der Waals surface area contributed by atoms with Crippen molar-refractivity contribution >= 4 is 5.91 Å². The minimum absolute atomic E-state index is 0.211. The number of hydrogen-bond donors (Lipinski definition) is 1. The zero-order valence-electron chi connectivity index (χ0n) is 14.7. The molecule has 0 saturated heterocycles. The summed E-state index contributed by atoms with van der Waals surface area (Å²) in [5, 5.41) is 2.72. The minimum Gasteiger partial charge on any atom is -0.494 e.